The van der Waals surface area contributed by atoms with Crippen molar-refractivity contribution in [2.45, 2.75) is 0 Å². The number of rotatable bonds is 8. The summed E-state index contributed by atoms with van der Waals surface area (Å²) < 4.78 is 0. The molecule has 10 aromatic rings. The summed E-state index contributed by atoms with van der Waals surface area (Å²) in [5.74, 6) is 3.52. The molecule has 7 heteroatoms. The molecule has 2 aromatic heterocycles. The predicted octanol–water partition coefficient (Wildman–Crippen LogP) is 13.2. The van der Waals surface area contributed by atoms with Gasteiger partial charge in [0.2, 0.25) is 0 Å². The lowest BCUT2D eigenvalue weighted by molar-refractivity contribution is 1.07. The molecule has 0 unspecified atom stereocenters. The van der Waals surface area contributed by atoms with Crippen molar-refractivity contribution in [3.8, 4) is 90.6 Å². The summed E-state index contributed by atoms with van der Waals surface area (Å²) in [6, 6.07) is 67.6. The molecule has 0 N–H and O–H groups in total. The van der Waals surface area contributed by atoms with Crippen LogP contribution < -0.4 is 0 Å². The molecule has 10 rings (SSSR count). The van der Waals surface area contributed by atoms with Crippen LogP contribution in [0.3, 0.4) is 0 Å². The Morgan fingerprint density at radius 1 is 0.220 bits per heavy atom. The third kappa shape index (κ3) is 7.61. The summed E-state index contributed by atoms with van der Waals surface area (Å²) in [7, 11) is 0. The van der Waals surface area contributed by atoms with E-state index >= 15 is 0 Å². The average molecular weight is 777 g/mol. The summed E-state index contributed by atoms with van der Waals surface area (Å²) in [6.45, 7) is 0. The maximum atomic E-state index is 6.40. The van der Waals surface area contributed by atoms with Gasteiger partial charge in [0.05, 0.1) is 0 Å². The van der Waals surface area contributed by atoms with Gasteiger partial charge in [0, 0.05) is 38.4 Å². The third-order valence-corrected chi connectivity index (χ3v) is 10.4. The molecule has 0 spiro atoms. The number of fused-ring (bicyclic) bond motifs is 1. The Morgan fingerprint density at radius 3 is 1.12 bits per heavy atom. The van der Waals surface area contributed by atoms with Crippen LogP contribution in [-0.4, -0.2) is 29.9 Å². The van der Waals surface area contributed by atoms with Crippen LogP contribution in [0.2, 0.25) is 5.02 Å². The van der Waals surface area contributed by atoms with E-state index in [-0.39, 0.29) is 0 Å². The van der Waals surface area contributed by atoms with Crippen molar-refractivity contribution in [3.63, 3.8) is 0 Å². The third-order valence-electron chi connectivity index (χ3n) is 10.2. The molecule has 0 fully saturated rings. The first-order valence-corrected chi connectivity index (χ1v) is 19.7. The summed E-state index contributed by atoms with van der Waals surface area (Å²) in [5, 5.41) is 2.97. The van der Waals surface area contributed by atoms with Crippen LogP contribution in [0.4, 0.5) is 0 Å². The van der Waals surface area contributed by atoms with Gasteiger partial charge in [-0.25, -0.2) is 29.9 Å². The first kappa shape index (κ1) is 35.7. The van der Waals surface area contributed by atoms with E-state index in [1.54, 1.807) is 0 Å². The normalized spacial score (nSPS) is 11.1. The van der Waals surface area contributed by atoms with Gasteiger partial charge in [-0.05, 0) is 69.4 Å². The van der Waals surface area contributed by atoms with Crippen LogP contribution in [-0.2, 0) is 0 Å². The minimum Gasteiger partial charge on any atom is -0.208 e. The average Bonchev–Trinajstić information content (AvgIpc) is 3.32. The summed E-state index contributed by atoms with van der Waals surface area (Å²) in [4.78, 5) is 29.9. The Kier molecular flexibility index (Phi) is 9.50. The van der Waals surface area contributed by atoms with Gasteiger partial charge in [-0.3, -0.25) is 0 Å². The van der Waals surface area contributed by atoms with E-state index in [1.807, 2.05) is 115 Å². The van der Waals surface area contributed by atoms with Crippen molar-refractivity contribution < 1.29 is 0 Å². The topological polar surface area (TPSA) is 77.3 Å². The molecule has 0 bridgehead atoms. The van der Waals surface area contributed by atoms with Crippen LogP contribution in [0, 0.1) is 0 Å². The van der Waals surface area contributed by atoms with Gasteiger partial charge < -0.3 is 0 Å². The van der Waals surface area contributed by atoms with Crippen molar-refractivity contribution in [2.75, 3.05) is 0 Å². The number of aromatic nitrogens is 6. The monoisotopic (exact) mass is 776 g/mol. The minimum atomic E-state index is 0.551. The molecule has 6 nitrogen and oxygen atoms in total. The quantitative estimate of drug-likeness (QED) is 0.153. The smallest absolute Gasteiger partial charge is 0.164 e. The van der Waals surface area contributed by atoms with Crippen LogP contribution in [0.15, 0.2) is 200 Å². The van der Waals surface area contributed by atoms with Gasteiger partial charge in [0.1, 0.15) is 0 Å². The first-order valence-electron chi connectivity index (χ1n) is 19.3. The zero-order chi connectivity index (χ0) is 39.5. The van der Waals surface area contributed by atoms with Gasteiger partial charge in [0.15, 0.2) is 34.9 Å². The van der Waals surface area contributed by atoms with Crippen LogP contribution in [0.5, 0.6) is 0 Å². The molecule has 0 aliphatic carbocycles. The molecular formula is C52H33ClN6. The maximum Gasteiger partial charge on any atom is 0.164 e. The second-order valence-electron chi connectivity index (χ2n) is 14.2. The molecule has 0 saturated heterocycles. The van der Waals surface area contributed by atoms with E-state index in [0.29, 0.717) is 40.0 Å². The number of nitrogens with zero attached hydrogens (tertiary/aromatic N) is 6. The Bertz CT molecular complexity index is 3040. The molecule has 0 amide bonds. The molecule has 278 valence electrons. The highest BCUT2D eigenvalue weighted by Gasteiger charge is 2.17. The van der Waals surface area contributed by atoms with E-state index < -0.39 is 0 Å². The van der Waals surface area contributed by atoms with Gasteiger partial charge in [-0.15, -0.1) is 0 Å². The van der Waals surface area contributed by atoms with E-state index in [0.717, 1.165) is 55.6 Å². The number of halogens is 1. The van der Waals surface area contributed by atoms with Crippen molar-refractivity contribution in [1.82, 2.24) is 29.9 Å². The molecule has 0 aliphatic rings. The maximum absolute atomic E-state index is 6.40. The fraction of sp³-hybridized carbons (Fsp3) is 0. The van der Waals surface area contributed by atoms with Crippen molar-refractivity contribution in [2.24, 2.45) is 0 Å². The van der Waals surface area contributed by atoms with Gasteiger partial charge >= 0.3 is 0 Å². The molecular weight excluding hydrogens is 744 g/mol. The standard InChI is InChI=1S/C52H33ClN6/c53-46-22-12-21-42(33-46)51-56-47(36-14-4-1-5-15-36)55-50(57-51)39-26-23-35(24-27-39)43-30-44(41-28-25-34-13-10-11-20-40(34)29-41)32-45(31-43)52-58-48(37-16-6-2-7-17-37)54-49(59-52)38-18-8-3-9-19-38/h1-33H. The lowest BCUT2D eigenvalue weighted by Crippen LogP contribution is -2.00. The lowest BCUT2D eigenvalue weighted by atomic mass is 9.94. The van der Waals surface area contributed by atoms with Gasteiger partial charge in [-0.1, -0.05) is 175 Å². The highest BCUT2D eigenvalue weighted by atomic mass is 35.5. The number of hydrogen-bond acceptors (Lipinski definition) is 6. The second-order valence-corrected chi connectivity index (χ2v) is 14.6. The Labute approximate surface area is 346 Å². The van der Waals surface area contributed by atoms with Crippen molar-refractivity contribution >= 4 is 22.4 Å². The van der Waals surface area contributed by atoms with E-state index in [2.05, 4.69) is 84.9 Å². The molecule has 8 aromatic carbocycles. The molecule has 0 atom stereocenters. The molecule has 0 saturated carbocycles. The first-order chi connectivity index (χ1) is 29.1. The largest absolute Gasteiger partial charge is 0.208 e. The molecule has 0 aliphatic heterocycles. The van der Waals surface area contributed by atoms with Crippen LogP contribution in [0.25, 0.3) is 101 Å². The fourth-order valence-electron chi connectivity index (χ4n) is 7.19. The predicted molar refractivity (Wildman–Crippen MR) is 239 cm³/mol. The van der Waals surface area contributed by atoms with E-state index in [1.165, 1.54) is 10.8 Å². The van der Waals surface area contributed by atoms with Crippen molar-refractivity contribution in [3.05, 3.63) is 205 Å². The Balaban J connectivity index is 1.11. The number of benzene rings is 8. The van der Waals surface area contributed by atoms with Crippen LogP contribution >= 0.6 is 11.6 Å². The fourth-order valence-corrected chi connectivity index (χ4v) is 7.38. The molecule has 59 heavy (non-hydrogen) atoms. The molecule has 0 radical (unpaired) electrons. The SMILES string of the molecule is Clc1cccc(-c2nc(-c3ccccc3)nc(-c3ccc(-c4cc(-c5ccc6ccccc6c5)cc(-c5nc(-c6ccccc6)nc(-c6ccccc6)n5)c4)cc3)n2)c1. The lowest BCUT2D eigenvalue weighted by Gasteiger charge is -2.13. The van der Waals surface area contributed by atoms with Crippen molar-refractivity contribution in [1.29, 1.82) is 0 Å². The van der Waals surface area contributed by atoms with Gasteiger partial charge in [-0.2, -0.15) is 0 Å². The van der Waals surface area contributed by atoms with E-state index in [9.17, 15) is 0 Å². The Morgan fingerprint density at radius 2 is 0.593 bits per heavy atom. The summed E-state index contributed by atoms with van der Waals surface area (Å²) >= 11 is 6.40. The van der Waals surface area contributed by atoms with Crippen LogP contribution in [0.1, 0.15) is 0 Å². The highest BCUT2D eigenvalue weighted by Crippen LogP contribution is 2.35. The van der Waals surface area contributed by atoms with E-state index in [4.69, 9.17) is 41.5 Å². The Hall–Kier alpha value is -7.67. The molecule has 2 heterocycles. The second kappa shape index (κ2) is 15.7. The highest BCUT2D eigenvalue weighted by molar-refractivity contribution is 6.30. The zero-order valence-corrected chi connectivity index (χ0v) is 32.4. The summed E-state index contributed by atoms with van der Waals surface area (Å²) in [6.07, 6.45) is 0. The minimum absolute atomic E-state index is 0.551. The number of hydrogen-bond donors (Lipinski definition) is 0. The zero-order valence-electron chi connectivity index (χ0n) is 31.6. The van der Waals surface area contributed by atoms with Gasteiger partial charge in [0.25, 0.3) is 0 Å². The summed E-state index contributed by atoms with van der Waals surface area (Å²) in [5.41, 5.74) is 9.47.